The zero-order valence-corrected chi connectivity index (χ0v) is 15.6. The number of azo groups is 1. The molecule has 1 aromatic carbocycles. The molecular weight excluding hydrogens is 402 g/mol. The number of non-ortho nitro benzene ring substituents is 1. The van der Waals surface area contributed by atoms with Gasteiger partial charge in [0.25, 0.3) is 11.2 Å². The first-order valence-corrected chi connectivity index (χ1v) is 8.45. The van der Waals surface area contributed by atoms with E-state index in [1.165, 1.54) is 25.3 Å². The Morgan fingerprint density at radius 1 is 1.38 bits per heavy atom. The highest BCUT2D eigenvalue weighted by molar-refractivity contribution is 6.33. The van der Waals surface area contributed by atoms with Crippen molar-refractivity contribution in [2.45, 2.75) is 13.5 Å². The van der Waals surface area contributed by atoms with Crippen LogP contribution in [0.1, 0.15) is 16.9 Å². The molecule has 0 unspecified atom stereocenters. The summed E-state index contributed by atoms with van der Waals surface area (Å²) in [6.07, 6.45) is 1.41. The summed E-state index contributed by atoms with van der Waals surface area (Å²) >= 11 is 5.98. The fourth-order valence-electron chi connectivity index (χ4n) is 2.56. The predicted molar refractivity (Wildman–Crippen MR) is 102 cm³/mol. The Kier molecular flexibility index (Phi) is 5.43. The Balaban J connectivity index is 2.10. The largest absolute Gasteiger partial charge is 0.493 e. The highest BCUT2D eigenvalue weighted by atomic mass is 35.5. The minimum atomic E-state index is -0.697. The molecule has 0 bridgehead atoms. The van der Waals surface area contributed by atoms with Gasteiger partial charge in [0, 0.05) is 17.7 Å². The fourth-order valence-corrected chi connectivity index (χ4v) is 2.77. The van der Waals surface area contributed by atoms with Crippen LogP contribution in [-0.2, 0) is 6.54 Å². The molecule has 0 amide bonds. The second kappa shape index (κ2) is 7.95. The number of hydrogen-bond donors (Lipinski definition) is 1. The van der Waals surface area contributed by atoms with Gasteiger partial charge in [0.05, 0.1) is 22.8 Å². The van der Waals surface area contributed by atoms with Crippen LogP contribution >= 0.6 is 11.6 Å². The highest BCUT2D eigenvalue weighted by Crippen LogP contribution is 2.32. The maximum atomic E-state index is 12.8. The lowest BCUT2D eigenvalue weighted by Crippen LogP contribution is -2.22. The molecule has 0 aliphatic rings. The number of benzene rings is 1. The number of nitro benzene ring substituents is 1. The predicted octanol–water partition coefficient (Wildman–Crippen LogP) is 4.35. The van der Waals surface area contributed by atoms with Crippen molar-refractivity contribution in [3.8, 4) is 11.9 Å². The molecule has 0 saturated carbocycles. The van der Waals surface area contributed by atoms with E-state index in [2.05, 4.69) is 10.2 Å². The van der Waals surface area contributed by atoms with E-state index in [-0.39, 0.29) is 39.8 Å². The van der Waals surface area contributed by atoms with Crippen LogP contribution in [0.3, 0.4) is 0 Å². The van der Waals surface area contributed by atoms with E-state index in [0.717, 1.165) is 10.6 Å². The van der Waals surface area contributed by atoms with E-state index in [1.807, 2.05) is 6.07 Å². The molecule has 1 N–H and O–H groups in total. The molecule has 11 heteroatoms. The van der Waals surface area contributed by atoms with Gasteiger partial charge in [-0.3, -0.25) is 19.5 Å². The first-order valence-electron chi connectivity index (χ1n) is 8.08. The van der Waals surface area contributed by atoms with Crippen molar-refractivity contribution in [2.75, 3.05) is 0 Å². The normalized spacial score (nSPS) is 10.9. The van der Waals surface area contributed by atoms with Gasteiger partial charge in [0.15, 0.2) is 5.69 Å². The molecule has 3 rings (SSSR count). The van der Waals surface area contributed by atoms with Crippen molar-refractivity contribution in [1.29, 1.82) is 5.26 Å². The monoisotopic (exact) mass is 413 g/mol. The summed E-state index contributed by atoms with van der Waals surface area (Å²) in [4.78, 5) is 23.0. The van der Waals surface area contributed by atoms with Crippen LogP contribution in [0.25, 0.3) is 0 Å². The molecular formula is C18H12ClN5O5. The number of aromatic nitrogens is 1. The first kappa shape index (κ1) is 19.8. The van der Waals surface area contributed by atoms with Gasteiger partial charge in [0.1, 0.15) is 23.1 Å². The number of pyridine rings is 1. The Hall–Kier alpha value is -3.97. The molecule has 0 radical (unpaired) electrons. The van der Waals surface area contributed by atoms with E-state index in [9.17, 15) is 25.3 Å². The number of rotatable bonds is 5. The second-order valence-corrected chi connectivity index (χ2v) is 6.25. The van der Waals surface area contributed by atoms with Gasteiger partial charge in [-0.05, 0) is 25.1 Å². The summed E-state index contributed by atoms with van der Waals surface area (Å²) in [5, 5.41) is 38.2. The average molecular weight is 414 g/mol. The topological polar surface area (TPSA) is 147 Å². The molecule has 3 aromatic rings. The van der Waals surface area contributed by atoms with Crippen LogP contribution in [-0.4, -0.2) is 14.6 Å². The van der Waals surface area contributed by atoms with E-state index in [0.29, 0.717) is 5.76 Å². The number of furan rings is 1. The molecule has 2 aromatic heterocycles. The smallest absolute Gasteiger partial charge is 0.281 e. The van der Waals surface area contributed by atoms with Gasteiger partial charge in [0.2, 0.25) is 5.88 Å². The molecule has 2 heterocycles. The van der Waals surface area contributed by atoms with Gasteiger partial charge < -0.3 is 9.52 Å². The van der Waals surface area contributed by atoms with E-state index >= 15 is 0 Å². The quantitative estimate of drug-likeness (QED) is 0.373. The van der Waals surface area contributed by atoms with Crippen LogP contribution in [0.5, 0.6) is 5.88 Å². The van der Waals surface area contributed by atoms with Crippen LogP contribution in [0.15, 0.2) is 56.0 Å². The number of hydrogen-bond acceptors (Lipinski definition) is 8. The summed E-state index contributed by atoms with van der Waals surface area (Å²) in [6, 6.07) is 8.65. The van der Waals surface area contributed by atoms with Crippen molar-refractivity contribution in [3.63, 3.8) is 0 Å². The summed E-state index contributed by atoms with van der Waals surface area (Å²) in [5.41, 5.74) is -1.01. The third-order valence-electron chi connectivity index (χ3n) is 4.06. The van der Waals surface area contributed by atoms with Gasteiger partial charge in [-0.2, -0.15) is 5.26 Å². The third-order valence-corrected chi connectivity index (χ3v) is 4.37. The summed E-state index contributed by atoms with van der Waals surface area (Å²) in [6.45, 7) is 1.33. The zero-order chi connectivity index (χ0) is 21.1. The average Bonchev–Trinajstić information content (AvgIpc) is 3.19. The summed E-state index contributed by atoms with van der Waals surface area (Å²) < 4.78 is 6.13. The van der Waals surface area contributed by atoms with Crippen LogP contribution in [0.4, 0.5) is 17.1 Å². The Morgan fingerprint density at radius 2 is 2.14 bits per heavy atom. The number of nitrogens with zero attached hydrogens (tertiary/aromatic N) is 5. The Morgan fingerprint density at radius 3 is 2.72 bits per heavy atom. The molecule has 0 fully saturated rings. The Labute approximate surface area is 168 Å². The summed E-state index contributed by atoms with van der Waals surface area (Å²) in [5.74, 6) is -0.129. The lowest BCUT2D eigenvalue weighted by Gasteiger charge is -2.11. The Bertz CT molecular complexity index is 1220. The molecule has 146 valence electrons. The minimum absolute atomic E-state index is 0.0317. The van der Waals surface area contributed by atoms with Gasteiger partial charge >= 0.3 is 0 Å². The van der Waals surface area contributed by atoms with Crippen molar-refractivity contribution in [2.24, 2.45) is 10.2 Å². The van der Waals surface area contributed by atoms with Gasteiger partial charge in [-0.1, -0.05) is 11.6 Å². The van der Waals surface area contributed by atoms with Crippen LogP contribution in [0.2, 0.25) is 5.02 Å². The van der Waals surface area contributed by atoms with E-state index < -0.39 is 16.4 Å². The lowest BCUT2D eigenvalue weighted by molar-refractivity contribution is -0.384. The molecule has 0 spiro atoms. The molecule has 0 aliphatic heterocycles. The molecule has 0 aliphatic carbocycles. The molecule has 10 nitrogen and oxygen atoms in total. The van der Waals surface area contributed by atoms with Gasteiger partial charge in [-0.15, -0.1) is 10.2 Å². The second-order valence-electron chi connectivity index (χ2n) is 5.85. The van der Waals surface area contributed by atoms with Gasteiger partial charge in [-0.25, -0.2) is 0 Å². The van der Waals surface area contributed by atoms with Crippen LogP contribution in [0, 0.1) is 28.4 Å². The first-order chi connectivity index (χ1) is 13.8. The molecule has 0 saturated heterocycles. The zero-order valence-electron chi connectivity index (χ0n) is 14.9. The number of nitriles is 1. The molecule has 0 atom stereocenters. The maximum absolute atomic E-state index is 12.8. The van der Waals surface area contributed by atoms with E-state index in [1.54, 1.807) is 12.1 Å². The number of aromatic hydroxyl groups is 1. The third kappa shape index (κ3) is 3.85. The highest BCUT2D eigenvalue weighted by Gasteiger charge is 2.20. The molecule has 29 heavy (non-hydrogen) atoms. The summed E-state index contributed by atoms with van der Waals surface area (Å²) in [7, 11) is 0. The lowest BCUT2D eigenvalue weighted by atomic mass is 10.1. The van der Waals surface area contributed by atoms with Crippen LogP contribution < -0.4 is 5.56 Å². The van der Waals surface area contributed by atoms with Crippen molar-refractivity contribution in [1.82, 2.24) is 4.57 Å². The number of nitro groups is 1. The standard InChI is InChI=1S/C18H12ClN5O5/c1-10-13(8-20)17(25)23(9-12-3-2-6-29-12)18(26)16(10)22-21-15-5-4-11(24(27)28)7-14(15)19/h2-7,25H,9H2,1H3. The van der Waals surface area contributed by atoms with Crippen molar-refractivity contribution >= 4 is 28.7 Å². The van der Waals surface area contributed by atoms with Crippen molar-refractivity contribution < 1.29 is 14.4 Å². The van der Waals surface area contributed by atoms with Crippen molar-refractivity contribution in [3.05, 3.63) is 79.0 Å². The minimum Gasteiger partial charge on any atom is -0.493 e. The number of halogens is 1. The SMILES string of the molecule is Cc1c(C#N)c(O)n(Cc2ccco2)c(=O)c1N=Nc1ccc([N+](=O)[O-])cc1Cl. The van der Waals surface area contributed by atoms with E-state index in [4.69, 9.17) is 16.0 Å². The fraction of sp³-hybridized carbons (Fsp3) is 0.111. The maximum Gasteiger partial charge on any atom is 0.281 e.